The van der Waals surface area contributed by atoms with Crippen LogP contribution in [0.25, 0.3) is 0 Å². The molecule has 0 heterocycles. The van der Waals surface area contributed by atoms with Gasteiger partial charge in [0.05, 0.1) is 5.49 Å². The van der Waals surface area contributed by atoms with Crippen molar-refractivity contribution < 1.29 is 4.74 Å². The molecule has 0 aliphatic carbocycles. The lowest BCUT2D eigenvalue weighted by atomic mass is 10.1. The normalized spacial score (nSPS) is 11.6. The van der Waals surface area contributed by atoms with Crippen molar-refractivity contribution in [2.24, 2.45) is 0 Å². The number of para-hydroxylation sites is 1. The van der Waals surface area contributed by atoms with Gasteiger partial charge in [-0.3, -0.25) is 0 Å². The summed E-state index contributed by atoms with van der Waals surface area (Å²) in [4.78, 5) is 0. The van der Waals surface area contributed by atoms with Gasteiger partial charge in [-0.25, -0.2) is 0 Å². The van der Waals surface area contributed by atoms with E-state index in [-0.39, 0.29) is 6.04 Å². The van der Waals surface area contributed by atoms with Crippen LogP contribution in [0.15, 0.2) is 54.6 Å². The SMILES string of the molecule is C[C@H](NC=S)c1cccc(Oc2ccccc2)c1. The Morgan fingerprint density at radius 3 is 2.50 bits per heavy atom. The molecule has 0 aromatic heterocycles. The number of hydrogen-bond donors (Lipinski definition) is 1. The summed E-state index contributed by atoms with van der Waals surface area (Å²) in [5.41, 5.74) is 2.68. The fraction of sp³-hybridized carbons (Fsp3) is 0.133. The van der Waals surface area contributed by atoms with Gasteiger partial charge in [-0.1, -0.05) is 42.5 Å². The van der Waals surface area contributed by atoms with Gasteiger partial charge in [0.15, 0.2) is 0 Å². The second kappa shape index (κ2) is 6.17. The van der Waals surface area contributed by atoms with Gasteiger partial charge in [0.25, 0.3) is 0 Å². The predicted octanol–water partition coefficient (Wildman–Crippen LogP) is 4.09. The largest absolute Gasteiger partial charge is 0.457 e. The maximum atomic E-state index is 5.78. The standard InChI is InChI=1S/C15H15NOS/c1-12(16-11-18)13-6-5-9-15(10-13)17-14-7-3-2-4-8-14/h2-12H,1H3,(H,16,18)/t12-/m0/s1. The summed E-state index contributed by atoms with van der Waals surface area (Å²) in [6.07, 6.45) is 0. The summed E-state index contributed by atoms with van der Waals surface area (Å²) in [6.45, 7) is 2.06. The monoisotopic (exact) mass is 257 g/mol. The van der Waals surface area contributed by atoms with Crippen molar-refractivity contribution in [1.29, 1.82) is 0 Å². The van der Waals surface area contributed by atoms with Crippen LogP contribution in [0.1, 0.15) is 18.5 Å². The Bertz CT molecular complexity index is 513. The van der Waals surface area contributed by atoms with Crippen molar-refractivity contribution in [1.82, 2.24) is 5.32 Å². The number of nitrogens with one attached hydrogen (secondary N) is 1. The van der Waals surface area contributed by atoms with Gasteiger partial charge in [0, 0.05) is 6.04 Å². The molecule has 2 aromatic rings. The molecule has 2 rings (SSSR count). The van der Waals surface area contributed by atoms with E-state index in [0.29, 0.717) is 0 Å². The van der Waals surface area contributed by atoms with Crippen LogP contribution in [0.2, 0.25) is 0 Å². The first-order valence-electron chi connectivity index (χ1n) is 5.82. The molecule has 3 heteroatoms. The molecule has 0 saturated carbocycles. The second-order valence-corrected chi connectivity index (χ2v) is 4.23. The van der Waals surface area contributed by atoms with Gasteiger partial charge in [-0.15, -0.1) is 0 Å². The smallest absolute Gasteiger partial charge is 0.127 e. The maximum Gasteiger partial charge on any atom is 0.127 e. The van der Waals surface area contributed by atoms with Crippen molar-refractivity contribution in [2.75, 3.05) is 0 Å². The van der Waals surface area contributed by atoms with Crippen molar-refractivity contribution in [3.05, 3.63) is 60.2 Å². The molecule has 0 saturated heterocycles. The van der Waals surface area contributed by atoms with E-state index in [1.165, 1.54) is 5.49 Å². The van der Waals surface area contributed by atoms with Crippen LogP contribution in [0.5, 0.6) is 11.5 Å². The van der Waals surface area contributed by atoms with E-state index in [4.69, 9.17) is 17.0 Å². The Morgan fingerprint density at radius 2 is 1.78 bits per heavy atom. The van der Waals surface area contributed by atoms with E-state index < -0.39 is 0 Å². The third-order valence-corrected chi connectivity index (χ3v) is 2.79. The highest BCUT2D eigenvalue weighted by Crippen LogP contribution is 2.24. The summed E-state index contributed by atoms with van der Waals surface area (Å²) >= 11 is 4.80. The molecule has 18 heavy (non-hydrogen) atoms. The molecule has 0 aliphatic heterocycles. The molecular formula is C15H15NOS. The Hall–Kier alpha value is -1.87. The van der Waals surface area contributed by atoms with Crippen LogP contribution in [0.4, 0.5) is 0 Å². The molecule has 0 radical (unpaired) electrons. The number of hydrogen-bond acceptors (Lipinski definition) is 2. The topological polar surface area (TPSA) is 21.3 Å². The maximum absolute atomic E-state index is 5.78. The van der Waals surface area contributed by atoms with Gasteiger partial charge in [-0.05, 0) is 36.8 Å². The van der Waals surface area contributed by atoms with Crippen LogP contribution in [-0.4, -0.2) is 5.49 Å². The zero-order chi connectivity index (χ0) is 12.8. The summed E-state index contributed by atoms with van der Waals surface area (Å²) in [6, 6.07) is 17.9. The van der Waals surface area contributed by atoms with E-state index >= 15 is 0 Å². The molecule has 0 aliphatic rings. The van der Waals surface area contributed by atoms with Crippen LogP contribution in [0, 0.1) is 0 Å². The van der Waals surface area contributed by atoms with Gasteiger partial charge in [-0.2, -0.15) is 0 Å². The Kier molecular flexibility index (Phi) is 4.31. The fourth-order valence-corrected chi connectivity index (χ4v) is 1.87. The number of thiocarbonyl (C=S) groups is 1. The number of ether oxygens (including phenoxy) is 1. The van der Waals surface area contributed by atoms with Crippen molar-refractivity contribution in [2.45, 2.75) is 13.0 Å². The van der Waals surface area contributed by atoms with E-state index in [2.05, 4.69) is 12.2 Å². The Labute approximate surface area is 113 Å². The lowest BCUT2D eigenvalue weighted by molar-refractivity contribution is 0.481. The number of rotatable bonds is 5. The lowest BCUT2D eigenvalue weighted by Crippen LogP contribution is -2.14. The quantitative estimate of drug-likeness (QED) is 0.815. The van der Waals surface area contributed by atoms with Crippen LogP contribution in [-0.2, 0) is 0 Å². The highest BCUT2D eigenvalue weighted by Gasteiger charge is 2.04. The molecule has 2 nitrogen and oxygen atoms in total. The van der Waals surface area contributed by atoms with Crippen molar-refractivity contribution >= 4 is 17.7 Å². The van der Waals surface area contributed by atoms with E-state index in [0.717, 1.165) is 17.1 Å². The molecule has 92 valence electrons. The van der Waals surface area contributed by atoms with E-state index in [1.54, 1.807) is 0 Å². The first-order chi connectivity index (χ1) is 8.79. The van der Waals surface area contributed by atoms with Crippen LogP contribution >= 0.6 is 12.2 Å². The van der Waals surface area contributed by atoms with Gasteiger partial charge in [0.2, 0.25) is 0 Å². The zero-order valence-electron chi connectivity index (χ0n) is 10.2. The van der Waals surface area contributed by atoms with Crippen LogP contribution in [0.3, 0.4) is 0 Å². The zero-order valence-corrected chi connectivity index (χ0v) is 11.0. The summed E-state index contributed by atoms with van der Waals surface area (Å²) in [5.74, 6) is 1.67. The highest BCUT2D eigenvalue weighted by molar-refractivity contribution is 7.78. The minimum Gasteiger partial charge on any atom is -0.457 e. The van der Waals surface area contributed by atoms with Crippen LogP contribution < -0.4 is 10.1 Å². The van der Waals surface area contributed by atoms with Crippen molar-refractivity contribution in [3.8, 4) is 11.5 Å². The minimum absolute atomic E-state index is 0.182. The molecule has 2 aromatic carbocycles. The summed E-state index contributed by atoms with van der Waals surface area (Å²) < 4.78 is 5.78. The first-order valence-corrected chi connectivity index (χ1v) is 6.29. The van der Waals surface area contributed by atoms with Crippen molar-refractivity contribution in [3.63, 3.8) is 0 Å². The fourth-order valence-electron chi connectivity index (χ4n) is 1.67. The van der Waals surface area contributed by atoms with Gasteiger partial charge < -0.3 is 10.1 Å². The molecule has 1 N–H and O–H groups in total. The van der Waals surface area contributed by atoms with Gasteiger partial charge in [0.1, 0.15) is 11.5 Å². The minimum atomic E-state index is 0.182. The van der Waals surface area contributed by atoms with Gasteiger partial charge >= 0.3 is 0 Å². The molecule has 0 fully saturated rings. The van der Waals surface area contributed by atoms with E-state index in [9.17, 15) is 0 Å². The summed E-state index contributed by atoms with van der Waals surface area (Å²) in [7, 11) is 0. The average molecular weight is 257 g/mol. The Balaban J connectivity index is 2.15. The molecule has 0 amide bonds. The third-order valence-electron chi connectivity index (χ3n) is 2.66. The second-order valence-electron chi connectivity index (χ2n) is 3.99. The Morgan fingerprint density at radius 1 is 1.06 bits per heavy atom. The molecule has 0 spiro atoms. The molecular weight excluding hydrogens is 242 g/mol. The molecule has 1 atom stereocenters. The first kappa shape index (κ1) is 12.6. The van der Waals surface area contributed by atoms with E-state index in [1.807, 2.05) is 54.6 Å². The molecule has 0 bridgehead atoms. The molecule has 0 unspecified atom stereocenters. The highest BCUT2D eigenvalue weighted by atomic mass is 32.1. The average Bonchev–Trinajstić information content (AvgIpc) is 2.40. The lowest BCUT2D eigenvalue weighted by Gasteiger charge is -2.13. The number of benzene rings is 2. The predicted molar refractivity (Wildman–Crippen MR) is 78.2 cm³/mol. The third kappa shape index (κ3) is 3.31. The summed E-state index contributed by atoms with van der Waals surface area (Å²) in [5, 5.41) is 3.09.